The maximum absolute atomic E-state index is 12.7. The SMILES string of the molecule is O=C(N[C@H]1C[C@@H](n2cnc3c(NCC(c4ccccc4)c4ccccc4)nc(N[C@@H]4CCNC4)nc32)[C@H](O)[C@@H]1O)C1CCC1.O=C(O)C(F)(F)F. The van der Waals surface area contributed by atoms with Crippen LogP contribution in [0.4, 0.5) is 24.9 Å². The molecule has 7 N–H and O–H groups in total. The van der Waals surface area contributed by atoms with Crippen LogP contribution >= 0.6 is 0 Å². The molecule has 1 amide bonds. The molecule has 2 saturated carbocycles. The summed E-state index contributed by atoms with van der Waals surface area (Å²) in [5, 5.41) is 42.6. The van der Waals surface area contributed by atoms with Crippen LogP contribution in [-0.2, 0) is 9.59 Å². The molecule has 0 radical (unpaired) electrons. The maximum atomic E-state index is 12.7. The lowest BCUT2D eigenvalue weighted by Gasteiger charge is -2.27. The fraction of sp³-hybridized carbons (Fsp3) is 0.457. The van der Waals surface area contributed by atoms with Gasteiger partial charge in [0.1, 0.15) is 12.2 Å². The van der Waals surface area contributed by atoms with Gasteiger partial charge >= 0.3 is 12.1 Å². The van der Waals surface area contributed by atoms with Crippen LogP contribution in [0.1, 0.15) is 55.2 Å². The number of nitrogens with one attached hydrogen (secondary N) is 4. The van der Waals surface area contributed by atoms with E-state index in [-0.39, 0.29) is 23.8 Å². The second kappa shape index (κ2) is 15.6. The van der Waals surface area contributed by atoms with Crippen molar-refractivity contribution in [2.24, 2.45) is 5.92 Å². The van der Waals surface area contributed by atoms with Crippen molar-refractivity contribution in [3.05, 3.63) is 78.1 Å². The highest BCUT2D eigenvalue weighted by molar-refractivity contribution is 5.84. The van der Waals surface area contributed by atoms with Crippen molar-refractivity contribution >= 4 is 34.8 Å². The zero-order valence-electron chi connectivity index (χ0n) is 27.6. The second-order valence-electron chi connectivity index (χ2n) is 13.1. The number of rotatable bonds is 10. The van der Waals surface area contributed by atoms with Gasteiger partial charge in [0.05, 0.1) is 18.4 Å². The molecule has 16 heteroatoms. The number of aliphatic hydroxyl groups is 2. The van der Waals surface area contributed by atoms with E-state index >= 15 is 0 Å². The van der Waals surface area contributed by atoms with Crippen molar-refractivity contribution in [2.45, 2.75) is 74.5 Å². The molecule has 0 unspecified atom stereocenters. The van der Waals surface area contributed by atoms with E-state index in [1.54, 1.807) is 6.33 Å². The van der Waals surface area contributed by atoms with Gasteiger partial charge in [0.25, 0.3) is 0 Å². The van der Waals surface area contributed by atoms with Crippen molar-refractivity contribution in [3.63, 3.8) is 0 Å². The number of benzene rings is 2. The lowest BCUT2D eigenvalue weighted by atomic mass is 9.84. The molecule has 0 spiro atoms. The van der Waals surface area contributed by atoms with Crippen LogP contribution in [0.15, 0.2) is 67.0 Å². The van der Waals surface area contributed by atoms with Gasteiger partial charge in [0.2, 0.25) is 11.9 Å². The molecule has 2 aromatic carbocycles. The van der Waals surface area contributed by atoms with Crippen LogP contribution in [0.5, 0.6) is 0 Å². The third-order valence-electron chi connectivity index (χ3n) is 9.75. The highest BCUT2D eigenvalue weighted by Gasteiger charge is 2.45. The molecule has 2 aromatic heterocycles. The molecule has 13 nitrogen and oxygen atoms in total. The Labute approximate surface area is 291 Å². The van der Waals surface area contributed by atoms with E-state index < -0.39 is 36.4 Å². The standard InChI is InChI=1S/C33H40N8O3.C2HF3O2/c42-28-25(38-32(44)22-12-7-13-22)16-26(29(28)43)41-19-36-27-30(39-33(40-31(27)41)37-23-14-15-34-17-23)35-18-24(20-8-3-1-4-9-20)21-10-5-2-6-11-21;3-2(4,5)1(6)7/h1-6,8-11,19,22-26,28-29,34,42-43H,7,12-18H2,(H,38,44)(H2,35,37,39,40);(H,6,7)/t23-,25+,26-,28-,29+;/m1./s1. The summed E-state index contributed by atoms with van der Waals surface area (Å²) in [4.78, 5) is 36.0. The van der Waals surface area contributed by atoms with Gasteiger partial charge < -0.3 is 41.2 Å². The number of aliphatic carboxylic acids is 1. The Hall–Kier alpha value is -4.80. The number of halogens is 3. The van der Waals surface area contributed by atoms with Crippen molar-refractivity contribution in [3.8, 4) is 0 Å². The van der Waals surface area contributed by atoms with Gasteiger partial charge in [-0.25, -0.2) is 9.78 Å². The lowest BCUT2D eigenvalue weighted by Crippen LogP contribution is -2.46. The topological polar surface area (TPSA) is 187 Å². The highest BCUT2D eigenvalue weighted by Crippen LogP contribution is 2.36. The van der Waals surface area contributed by atoms with Gasteiger partial charge in [-0.05, 0) is 43.4 Å². The van der Waals surface area contributed by atoms with E-state index in [0.717, 1.165) is 38.8 Å². The predicted octanol–water partition coefficient (Wildman–Crippen LogP) is 3.43. The first-order chi connectivity index (χ1) is 24.5. The summed E-state index contributed by atoms with van der Waals surface area (Å²) in [6, 6.07) is 19.9. The van der Waals surface area contributed by atoms with E-state index in [2.05, 4.69) is 69.8 Å². The molecule has 2 aliphatic carbocycles. The normalized spacial score (nSPS) is 23.4. The first-order valence-corrected chi connectivity index (χ1v) is 17.0. The molecule has 1 saturated heterocycles. The number of nitrogens with zero attached hydrogens (tertiary/aromatic N) is 4. The molecule has 3 fully saturated rings. The number of imidazole rings is 1. The number of carboxylic acids is 1. The lowest BCUT2D eigenvalue weighted by molar-refractivity contribution is -0.192. The Morgan fingerprint density at radius 1 is 0.961 bits per heavy atom. The molecule has 7 rings (SSSR count). The number of aromatic nitrogens is 4. The predicted molar refractivity (Wildman–Crippen MR) is 182 cm³/mol. The number of hydrogen-bond acceptors (Lipinski definition) is 10. The van der Waals surface area contributed by atoms with E-state index in [1.165, 1.54) is 11.1 Å². The van der Waals surface area contributed by atoms with Gasteiger partial charge in [0, 0.05) is 31.0 Å². The fourth-order valence-corrected chi connectivity index (χ4v) is 6.70. The van der Waals surface area contributed by atoms with Crippen LogP contribution in [0, 0.1) is 5.92 Å². The summed E-state index contributed by atoms with van der Waals surface area (Å²) in [6.45, 7) is 2.33. The van der Waals surface area contributed by atoms with Crippen molar-refractivity contribution in [1.82, 2.24) is 30.2 Å². The molecule has 5 atom stereocenters. The fourth-order valence-electron chi connectivity index (χ4n) is 6.70. The van der Waals surface area contributed by atoms with Gasteiger partial charge in [-0.1, -0.05) is 67.1 Å². The van der Waals surface area contributed by atoms with E-state index in [1.807, 2.05) is 16.7 Å². The minimum absolute atomic E-state index is 0.00292. The number of carboxylic acid groups (broad SMARTS) is 1. The molecule has 0 bridgehead atoms. The summed E-state index contributed by atoms with van der Waals surface area (Å²) in [5.41, 5.74) is 3.53. The monoisotopic (exact) mass is 710 g/mol. The third-order valence-corrected chi connectivity index (χ3v) is 9.75. The molecule has 3 heterocycles. The van der Waals surface area contributed by atoms with Crippen molar-refractivity contribution in [2.75, 3.05) is 30.3 Å². The molecular weight excluding hydrogens is 669 g/mol. The van der Waals surface area contributed by atoms with E-state index in [4.69, 9.17) is 24.9 Å². The number of alkyl halides is 3. The Morgan fingerprint density at radius 2 is 1.61 bits per heavy atom. The van der Waals surface area contributed by atoms with Crippen LogP contribution in [-0.4, -0.2) is 96.8 Å². The van der Waals surface area contributed by atoms with Crippen LogP contribution < -0.4 is 21.3 Å². The summed E-state index contributed by atoms with van der Waals surface area (Å²) in [5.74, 6) is -1.64. The Bertz CT molecular complexity index is 1750. The van der Waals surface area contributed by atoms with Gasteiger partial charge in [0.15, 0.2) is 17.0 Å². The van der Waals surface area contributed by atoms with Gasteiger partial charge in [-0.3, -0.25) is 4.79 Å². The summed E-state index contributed by atoms with van der Waals surface area (Å²) in [7, 11) is 0. The minimum Gasteiger partial charge on any atom is -0.475 e. The van der Waals surface area contributed by atoms with Crippen molar-refractivity contribution in [1.29, 1.82) is 0 Å². The van der Waals surface area contributed by atoms with Crippen LogP contribution in [0.2, 0.25) is 0 Å². The number of aliphatic hydroxyl groups excluding tert-OH is 2. The Morgan fingerprint density at radius 3 is 2.16 bits per heavy atom. The number of anilines is 2. The molecular formula is C35H41F3N8O5. The molecule has 4 aromatic rings. The average Bonchev–Trinajstić information content (AvgIpc) is 3.82. The van der Waals surface area contributed by atoms with Gasteiger partial charge in [-0.2, -0.15) is 23.1 Å². The summed E-state index contributed by atoms with van der Waals surface area (Å²) < 4.78 is 33.6. The molecule has 3 aliphatic rings. The summed E-state index contributed by atoms with van der Waals surface area (Å²) >= 11 is 0. The van der Waals surface area contributed by atoms with E-state index in [0.29, 0.717) is 35.9 Å². The molecule has 272 valence electrons. The Kier molecular flexibility index (Phi) is 11.0. The van der Waals surface area contributed by atoms with Crippen molar-refractivity contribution < 1.29 is 38.1 Å². The average molecular weight is 711 g/mol. The molecule has 1 aliphatic heterocycles. The second-order valence-corrected chi connectivity index (χ2v) is 13.1. The third kappa shape index (κ3) is 8.40. The number of fused-ring (bicyclic) bond motifs is 1. The smallest absolute Gasteiger partial charge is 0.475 e. The zero-order valence-corrected chi connectivity index (χ0v) is 27.6. The quantitative estimate of drug-likeness (QED) is 0.128. The van der Waals surface area contributed by atoms with Crippen LogP contribution in [0.25, 0.3) is 11.2 Å². The summed E-state index contributed by atoms with van der Waals surface area (Å²) in [6.07, 6.45) is -1.45. The molecule has 51 heavy (non-hydrogen) atoms. The largest absolute Gasteiger partial charge is 0.490 e. The first-order valence-electron chi connectivity index (χ1n) is 17.0. The minimum atomic E-state index is -5.08. The number of hydrogen-bond donors (Lipinski definition) is 7. The zero-order chi connectivity index (χ0) is 36.1. The number of carbonyl (C=O) groups is 2. The number of amides is 1. The van der Waals surface area contributed by atoms with Gasteiger partial charge in [-0.15, -0.1) is 0 Å². The van der Waals surface area contributed by atoms with E-state index in [9.17, 15) is 28.2 Å². The first kappa shape index (κ1) is 36.0. The maximum Gasteiger partial charge on any atom is 0.490 e. The Balaban J connectivity index is 0.000000582. The highest BCUT2D eigenvalue weighted by atomic mass is 19.4. The van der Waals surface area contributed by atoms with Crippen LogP contribution in [0.3, 0.4) is 0 Å². The number of carbonyl (C=O) groups excluding carboxylic acids is 1.